The molecule has 4 rings (SSSR count). The fourth-order valence-corrected chi connectivity index (χ4v) is 5.45. The number of methoxy groups -OCH3 is 1. The van der Waals surface area contributed by atoms with Crippen molar-refractivity contribution in [3.8, 4) is 17.0 Å². The molecule has 0 saturated carbocycles. The first-order valence-electron chi connectivity index (χ1n) is 11.6. The van der Waals surface area contributed by atoms with Crippen molar-refractivity contribution < 1.29 is 45.7 Å². The van der Waals surface area contributed by atoms with Crippen molar-refractivity contribution >= 4 is 26.6 Å². The third-order valence-electron chi connectivity index (χ3n) is 5.97. The molecule has 1 atom stereocenters. The summed E-state index contributed by atoms with van der Waals surface area (Å²) >= 11 is 0. The monoisotopic (exact) mass is 582 g/mol. The van der Waals surface area contributed by atoms with E-state index >= 15 is 8.78 Å². The van der Waals surface area contributed by atoms with Crippen molar-refractivity contribution in [1.82, 2.24) is 20.5 Å². The van der Waals surface area contributed by atoms with E-state index in [9.17, 15) is 27.1 Å². The minimum Gasteiger partial charge on any atom is -0.480 e. The predicted molar refractivity (Wildman–Crippen MR) is 133 cm³/mol. The summed E-state index contributed by atoms with van der Waals surface area (Å²) in [7, 11) is -3.34. The van der Waals surface area contributed by atoms with Crippen LogP contribution in [0.4, 0.5) is 17.6 Å². The van der Waals surface area contributed by atoms with Crippen LogP contribution < -0.4 is 10.1 Å². The van der Waals surface area contributed by atoms with Crippen LogP contribution in [0.1, 0.15) is 22.5 Å². The Hall–Kier alpha value is -4.08. The van der Waals surface area contributed by atoms with Crippen molar-refractivity contribution in [2.45, 2.75) is 23.2 Å². The van der Waals surface area contributed by atoms with Gasteiger partial charge in [0.05, 0.1) is 37.3 Å². The molecule has 212 valence electrons. The smallest absolute Gasteiger partial charge is 0.269 e. The minimum atomic E-state index is -4.45. The number of halogens is 4. The summed E-state index contributed by atoms with van der Waals surface area (Å²) in [5.74, 6) is -6.91. The maximum absolute atomic E-state index is 15.6. The second-order valence-electron chi connectivity index (χ2n) is 8.62. The van der Waals surface area contributed by atoms with Crippen molar-refractivity contribution in [2.75, 3.05) is 20.3 Å². The molecule has 0 fully saturated rings. The molecule has 0 radical (unpaired) electrons. The van der Waals surface area contributed by atoms with Crippen LogP contribution in [0.3, 0.4) is 0 Å². The highest BCUT2D eigenvalue weighted by atomic mass is 32.2. The molecular formula is C25H22F4N4O6S. The Kier molecular flexibility index (Phi) is 8.37. The average Bonchev–Trinajstić information content (AvgIpc) is 3.36. The molecule has 1 amide bonds. The number of benzene rings is 2. The number of aromatic nitrogens is 3. The Labute approximate surface area is 224 Å². The molecule has 4 aromatic rings. The number of hydrogen-bond donors (Lipinski definition) is 4. The Bertz CT molecular complexity index is 1700. The molecule has 0 aliphatic carbocycles. The molecule has 15 heteroatoms. The Morgan fingerprint density at radius 3 is 2.60 bits per heavy atom. The molecule has 10 nitrogen and oxygen atoms in total. The van der Waals surface area contributed by atoms with Gasteiger partial charge in [0.25, 0.3) is 5.91 Å². The number of amides is 1. The van der Waals surface area contributed by atoms with Gasteiger partial charge in [-0.2, -0.15) is 5.10 Å². The first-order chi connectivity index (χ1) is 19.0. The zero-order chi connectivity index (χ0) is 29.2. The third-order valence-corrected chi connectivity index (χ3v) is 7.62. The van der Waals surface area contributed by atoms with E-state index in [0.29, 0.717) is 6.07 Å². The van der Waals surface area contributed by atoms with Gasteiger partial charge in [-0.15, -0.1) is 0 Å². The number of nitrogens with zero attached hydrogens (tertiary/aromatic N) is 2. The molecule has 0 spiro atoms. The largest absolute Gasteiger partial charge is 0.480 e. The standard InChI is InChI=1S/C25H22F4N4O6S/c1-39-25-18(8-13(26)9-31-25)40(37,38)11-12-2-5-17(27)19(20(12)28)15-3-4-16-22(21(15)29)32-33-23(16)24(36)30-7-6-14(35)10-34/h2-5,8-9,14,34-35H,6-7,10-11H2,1H3,(H,30,36)(H,32,33)/t14-/m0/s1. The number of pyridine rings is 1. The number of hydrogen-bond acceptors (Lipinski definition) is 8. The van der Waals surface area contributed by atoms with Gasteiger partial charge >= 0.3 is 0 Å². The van der Waals surface area contributed by atoms with E-state index in [-0.39, 0.29) is 24.0 Å². The number of aliphatic hydroxyl groups excluding tert-OH is 2. The first kappa shape index (κ1) is 28.9. The molecular weight excluding hydrogens is 560 g/mol. The normalized spacial score (nSPS) is 12.5. The van der Waals surface area contributed by atoms with Crippen LogP contribution in [0.25, 0.3) is 22.0 Å². The van der Waals surface area contributed by atoms with Crippen LogP contribution in [-0.4, -0.2) is 66.1 Å². The number of carbonyl (C=O) groups excluding carboxylic acids is 1. The summed E-state index contributed by atoms with van der Waals surface area (Å²) in [5, 5.41) is 26.8. The fraction of sp³-hybridized carbons (Fsp3) is 0.240. The summed E-state index contributed by atoms with van der Waals surface area (Å²) in [5.41, 5.74) is -2.56. The summed E-state index contributed by atoms with van der Waals surface area (Å²) in [6, 6.07) is 4.50. The van der Waals surface area contributed by atoms with Crippen LogP contribution in [0, 0.1) is 23.3 Å². The lowest BCUT2D eigenvalue weighted by Gasteiger charge is -2.13. The van der Waals surface area contributed by atoms with E-state index in [4.69, 9.17) is 9.84 Å². The van der Waals surface area contributed by atoms with Crippen LogP contribution in [0.15, 0.2) is 41.4 Å². The number of fused-ring (bicyclic) bond motifs is 1. The van der Waals surface area contributed by atoms with Gasteiger partial charge in [-0.05, 0) is 24.6 Å². The first-order valence-corrected chi connectivity index (χ1v) is 13.3. The molecule has 0 aliphatic heterocycles. The zero-order valence-corrected chi connectivity index (χ0v) is 21.5. The molecule has 2 aromatic carbocycles. The van der Waals surface area contributed by atoms with Crippen LogP contribution in [-0.2, 0) is 15.6 Å². The van der Waals surface area contributed by atoms with E-state index in [1.165, 1.54) is 6.07 Å². The molecule has 2 aromatic heterocycles. The number of aromatic amines is 1. The summed E-state index contributed by atoms with van der Waals surface area (Å²) in [4.78, 5) is 15.4. The van der Waals surface area contributed by atoms with Gasteiger partial charge in [0.1, 0.15) is 33.6 Å². The topological polar surface area (TPSA) is 154 Å². The van der Waals surface area contributed by atoms with Gasteiger partial charge in [-0.3, -0.25) is 9.89 Å². The van der Waals surface area contributed by atoms with Crippen LogP contribution >= 0.6 is 0 Å². The zero-order valence-electron chi connectivity index (χ0n) is 20.7. The van der Waals surface area contributed by atoms with Gasteiger partial charge < -0.3 is 20.3 Å². The molecule has 0 saturated heterocycles. The molecule has 0 aliphatic rings. The van der Waals surface area contributed by atoms with Gasteiger partial charge in [0.15, 0.2) is 15.7 Å². The molecule has 2 heterocycles. The predicted octanol–water partition coefficient (Wildman–Crippen LogP) is 2.64. The van der Waals surface area contributed by atoms with Crippen molar-refractivity contribution in [2.24, 2.45) is 0 Å². The molecule has 4 N–H and O–H groups in total. The lowest BCUT2D eigenvalue weighted by atomic mass is 9.99. The number of rotatable bonds is 10. The van der Waals surface area contributed by atoms with Gasteiger partial charge in [-0.1, -0.05) is 12.1 Å². The molecule has 40 heavy (non-hydrogen) atoms. The number of sulfone groups is 1. The Morgan fingerprint density at radius 1 is 1.15 bits per heavy atom. The molecule has 0 unspecified atom stereocenters. The maximum atomic E-state index is 15.6. The highest BCUT2D eigenvalue weighted by Gasteiger charge is 2.28. The van der Waals surface area contributed by atoms with E-state index in [1.54, 1.807) is 0 Å². The van der Waals surface area contributed by atoms with E-state index in [1.807, 2.05) is 0 Å². The van der Waals surface area contributed by atoms with Crippen LogP contribution in [0.2, 0.25) is 0 Å². The summed E-state index contributed by atoms with van der Waals surface area (Å²) < 4.78 is 90.3. The summed E-state index contributed by atoms with van der Waals surface area (Å²) in [6.45, 7) is -0.501. The SMILES string of the molecule is COc1ncc(F)cc1S(=O)(=O)Cc1ccc(F)c(-c2ccc3c(C(=O)NCC[C@H](O)CO)[nH]nc3c2F)c1F. The van der Waals surface area contributed by atoms with Crippen molar-refractivity contribution in [1.29, 1.82) is 0 Å². The Balaban J connectivity index is 1.70. The van der Waals surface area contributed by atoms with Gasteiger partial charge in [-0.25, -0.2) is 31.0 Å². The van der Waals surface area contributed by atoms with E-state index < -0.39 is 90.5 Å². The second-order valence-corrected chi connectivity index (χ2v) is 10.6. The average molecular weight is 583 g/mol. The highest BCUT2D eigenvalue weighted by molar-refractivity contribution is 7.90. The number of nitrogens with one attached hydrogen (secondary N) is 2. The lowest BCUT2D eigenvalue weighted by Crippen LogP contribution is -2.28. The Morgan fingerprint density at radius 2 is 1.90 bits per heavy atom. The van der Waals surface area contributed by atoms with Gasteiger partial charge in [0, 0.05) is 23.1 Å². The maximum Gasteiger partial charge on any atom is 0.269 e. The number of aliphatic hydroxyl groups is 2. The number of H-pyrrole nitrogens is 1. The fourth-order valence-electron chi connectivity index (χ4n) is 3.97. The summed E-state index contributed by atoms with van der Waals surface area (Å²) in [6.07, 6.45) is -0.249. The van der Waals surface area contributed by atoms with Crippen LogP contribution in [0.5, 0.6) is 5.88 Å². The van der Waals surface area contributed by atoms with E-state index in [0.717, 1.165) is 31.5 Å². The third kappa shape index (κ3) is 5.61. The van der Waals surface area contributed by atoms with Crippen molar-refractivity contribution in [3.63, 3.8) is 0 Å². The lowest BCUT2D eigenvalue weighted by molar-refractivity contribution is 0.0832. The number of ether oxygens (including phenoxy) is 1. The quantitative estimate of drug-likeness (QED) is 0.208. The molecule has 0 bridgehead atoms. The van der Waals surface area contributed by atoms with E-state index in [2.05, 4.69) is 20.5 Å². The van der Waals surface area contributed by atoms with Gasteiger partial charge in [0.2, 0.25) is 5.88 Å². The number of carbonyl (C=O) groups is 1. The van der Waals surface area contributed by atoms with Crippen molar-refractivity contribution in [3.05, 3.63) is 71.1 Å². The highest BCUT2D eigenvalue weighted by Crippen LogP contribution is 2.35. The second kappa shape index (κ2) is 11.6. The minimum absolute atomic E-state index is 0.00768.